The standard InChI is InChI=1S/C12H13N3OS3/c1-17-10-9(14-12(19-10)15-11(13)16)7-18-8-5-3-2-4-6-8/h2-6H,7H2,1H3,(H3,13,14,15,16). The van der Waals surface area contributed by atoms with Crippen molar-refractivity contribution in [1.82, 2.24) is 4.98 Å². The van der Waals surface area contributed by atoms with Crippen molar-refractivity contribution in [3.05, 3.63) is 36.0 Å². The van der Waals surface area contributed by atoms with Crippen molar-refractivity contribution in [2.45, 2.75) is 14.9 Å². The quantitative estimate of drug-likeness (QED) is 0.827. The fourth-order valence-corrected chi connectivity index (χ4v) is 4.10. The predicted molar refractivity (Wildman–Crippen MR) is 83.1 cm³/mol. The number of aromatic nitrogens is 1. The number of benzene rings is 1. The first-order valence-electron chi connectivity index (χ1n) is 5.47. The molecule has 0 aliphatic heterocycles. The maximum atomic E-state index is 10.8. The van der Waals surface area contributed by atoms with Gasteiger partial charge in [-0.2, -0.15) is 0 Å². The van der Waals surface area contributed by atoms with Crippen LogP contribution in [0.1, 0.15) is 5.69 Å². The van der Waals surface area contributed by atoms with Crippen LogP contribution >= 0.6 is 34.9 Å². The van der Waals surface area contributed by atoms with E-state index >= 15 is 0 Å². The van der Waals surface area contributed by atoms with Gasteiger partial charge in [-0.15, -0.1) is 23.5 Å². The molecule has 0 aliphatic rings. The van der Waals surface area contributed by atoms with Crippen molar-refractivity contribution in [3.63, 3.8) is 0 Å². The fraction of sp³-hybridized carbons (Fsp3) is 0.167. The third-order valence-electron chi connectivity index (χ3n) is 2.20. The summed E-state index contributed by atoms with van der Waals surface area (Å²) in [5.41, 5.74) is 6.08. The number of nitrogens with zero attached hydrogens (tertiary/aromatic N) is 1. The lowest BCUT2D eigenvalue weighted by Gasteiger charge is -2.00. The van der Waals surface area contributed by atoms with E-state index in [4.69, 9.17) is 5.73 Å². The van der Waals surface area contributed by atoms with Gasteiger partial charge >= 0.3 is 6.03 Å². The molecular weight excluding hydrogens is 298 g/mol. The number of hydrogen-bond donors (Lipinski definition) is 2. The number of nitrogens with one attached hydrogen (secondary N) is 1. The Bertz CT molecular complexity index is 557. The second kappa shape index (κ2) is 6.83. The molecule has 1 aromatic heterocycles. The van der Waals surface area contributed by atoms with E-state index in [2.05, 4.69) is 22.4 Å². The van der Waals surface area contributed by atoms with Crippen LogP contribution in [-0.2, 0) is 5.75 Å². The highest BCUT2D eigenvalue weighted by atomic mass is 32.2. The van der Waals surface area contributed by atoms with Gasteiger partial charge in [0, 0.05) is 10.6 Å². The maximum absolute atomic E-state index is 10.8. The number of primary amides is 1. The minimum Gasteiger partial charge on any atom is -0.351 e. The molecule has 7 heteroatoms. The molecule has 19 heavy (non-hydrogen) atoms. The number of thiazole rings is 1. The van der Waals surface area contributed by atoms with Crippen LogP contribution < -0.4 is 11.1 Å². The van der Waals surface area contributed by atoms with E-state index in [9.17, 15) is 4.79 Å². The highest BCUT2D eigenvalue weighted by Crippen LogP contribution is 2.34. The van der Waals surface area contributed by atoms with Crippen LogP contribution in [0.4, 0.5) is 9.93 Å². The number of carbonyl (C=O) groups excluding carboxylic acids is 1. The van der Waals surface area contributed by atoms with Gasteiger partial charge in [-0.25, -0.2) is 9.78 Å². The third kappa shape index (κ3) is 4.15. The Morgan fingerprint density at radius 3 is 2.79 bits per heavy atom. The van der Waals surface area contributed by atoms with Crippen LogP contribution in [0.25, 0.3) is 0 Å². The van der Waals surface area contributed by atoms with Crippen molar-refractivity contribution < 1.29 is 4.79 Å². The number of hydrogen-bond acceptors (Lipinski definition) is 5. The average molecular weight is 311 g/mol. The molecule has 0 aliphatic carbocycles. The van der Waals surface area contributed by atoms with Crippen LogP contribution in [0.2, 0.25) is 0 Å². The van der Waals surface area contributed by atoms with Crippen LogP contribution in [0.5, 0.6) is 0 Å². The lowest BCUT2D eigenvalue weighted by molar-refractivity contribution is 0.259. The molecule has 0 unspecified atom stereocenters. The summed E-state index contributed by atoms with van der Waals surface area (Å²) in [4.78, 5) is 16.4. The molecule has 0 spiro atoms. The molecule has 2 rings (SSSR count). The highest BCUT2D eigenvalue weighted by Gasteiger charge is 2.11. The molecule has 0 atom stereocenters. The van der Waals surface area contributed by atoms with Crippen LogP contribution in [-0.4, -0.2) is 17.3 Å². The maximum Gasteiger partial charge on any atom is 0.318 e. The Balaban J connectivity index is 2.06. The number of urea groups is 1. The number of nitrogens with two attached hydrogens (primary N) is 1. The second-order valence-electron chi connectivity index (χ2n) is 3.55. The SMILES string of the molecule is CSc1sc(NC(N)=O)nc1CSc1ccccc1. The van der Waals surface area contributed by atoms with E-state index in [0.29, 0.717) is 5.13 Å². The first-order valence-corrected chi connectivity index (χ1v) is 8.49. The van der Waals surface area contributed by atoms with Gasteiger partial charge in [-0.05, 0) is 18.4 Å². The molecule has 0 saturated heterocycles. The van der Waals surface area contributed by atoms with Gasteiger partial charge in [0.05, 0.1) is 9.90 Å². The van der Waals surface area contributed by atoms with E-state index in [1.807, 2.05) is 24.5 Å². The predicted octanol–water partition coefficient (Wildman–Crippen LogP) is 3.65. The Morgan fingerprint density at radius 1 is 1.42 bits per heavy atom. The van der Waals surface area contributed by atoms with Gasteiger partial charge in [-0.1, -0.05) is 29.5 Å². The molecule has 4 nitrogen and oxygen atoms in total. The highest BCUT2D eigenvalue weighted by molar-refractivity contribution is 8.01. The topological polar surface area (TPSA) is 68.0 Å². The van der Waals surface area contributed by atoms with Crippen LogP contribution in [0.15, 0.2) is 39.4 Å². The zero-order valence-corrected chi connectivity index (χ0v) is 12.7. The first-order chi connectivity index (χ1) is 9.19. The zero-order chi connectivity index (χ0) is 13.7. The van der Waals surface area contributed by atoms with Crippen molar-refractivity contribution in [2.75, 3.05) is 11.6 Å². The summed E-state index contributed by atoms with van der Waals surface area (Å²) >= 11 is 4.80. The van der Waals surface area contributed by atoms with E-state index in [0.717, 1.165) is 15.7 Å². The summed E-state index contributed by atoms with van der Waals surface area (Å²) in [6.45, 7) is 0. The summed E-state index contributed by atoms with van der Waals surface area (Å²) < 4.78 is 1.10. The Kier molecular flexibility index (Phi) is 5.12. The van der Waals surface area contributed by atoms with Crippen molar-refractivity contribution in [1.29, 1.82) is 0 Å². The van der Waals surface area contributed by atoms with Crippen LogP contribution in [0.3, 0.4) is 0 Å². The van der Waals surface area contributed by atoms with Gasteiger partial charge in [0.25, 0.3) is 0 Å². The zero-order valence-electron chi connectivity index (χ0n) is 10.3. The minimum absolute atomic E-state index is 0.556. The van der Waals surface area contributed by atoms with Crippen molar-refractivity contribution >= 4 is 46.0 Å². The first kappa shape index (κ1) is 14.2. The van der Waals surface area contributed by atoms with Crippen molar-refractivity contribution in [2.24, 2.45) is 5.73 Å². The number of carbonyl (C=O) groups is 1. The normalized spacial score (nSPS) is 10.4. The van der Waals surface area contributed by atoms with E-state index < -0.39 is 6.03 Å². The lowest BCUT2D eigenvalue weighted by atomic mass is 10.4. The van der Waals surface area contributed by atoms with Crippen LogP contribution in [0, 0.1) is 0 Å². The smallest absolute Gasteiger partial charge is 0.318 e. The summed E-state index contributed by atoms with van der Waals surface area (Å²) in [6.07, 6.45) is 2.00. The number of anilines is 1. The molecule has 2 amide bonds. The summed E-state index contributed by atoms with van der Waals surface area (Å²) in [6, 6.07) is 9.58. The van der Waals surface area contributed by atoms with E-state index in [-0.39, 0.29) is 0 Å². The number of thioether (sulfide) groups is 2. The molecule has 1 aromatic carbocycles. The van der Waals surface area contributed by atoms with Gasteiger partial charge < -0.3 is 5.73 Å². The molecular formula is C12H13N3OS3. The lowest BCUT2D eigenvalue weighted by Crippen LogP contribution is -2.19. The minimum atomic E-state index is -0.580. The van der Waals surface area contributed by atoms with E-state index in [1.54, 1.807) is 23.5 Å². The molecule has 100 valence electrons. The van der Waals surface area contributed by atoms with Crippen molar-refractivity contribution in [3.8, 4) is 0 Å². The molecule has 1 heterocycles. The monoisotopic (exact) mass is 311 g/mol. The molecule has 3 N–H and O–H groups in total. The summed E-state index contributed by atoms with van der Waals surface area (Å²) in [7, 11) is 0. The molecule has 0 radical (unpaired) electrons. The van der Waals surface area contributed by atoms with Gasteiger partial charge in [0.1, 0.15) is 0 Å². The van der Waals surface area contributed by atoms with Gasteiger partial charge in [0.15, 0.2) is 5.13 Å². The molecule has 0 bridgehead atoms. The number of rotatable bonds is 5. The molecule has 2 aromatic rings. The van der Waals surface area contributed by atoms with E-state index in [1.165, 1.54) is 16.2 Å². The Labute approximate surface area is 124 Å². The van der Waals surface area contributed by atoms with Gasteiger partial charge in [-0.3, -0.25) is 5.32 Å². The molecule has 0 fully saturated rings. The third-order valence-corrected chi connectivity index (χ3v) is 5.38. The fourth-order valence-electron chi connectivity index (χ4n) is 1.42. The van der Waals surface area contributed by atoms with Gasteiger partial charge in [0.2, 0.25) is 0 Å². The number of amides is 2. The second-order valence-corrected chi connectivity index (χ2v) is 6.67. The Hall–Kier alpha value is -1.18. The average Bonchev–Trinajstić information content (AvgIpc) is 2.79. The largest absolute Gasteiger partial charge is 0.351 e. The summed E-state index contributed by atoms with van der Waals surface area (Å²) in [5, 5.41) is 3.08. The summed E-state index contributed by atoms with van der Waals surface area (Å²) in [5.74, 6) is 0.775. The molecule has 0 saturated carbocycles. The Morgan fingerprint density at radius 2 is 2.16 bits per heavy atom.